The van der Waals surface area contributed by atoms with Crippen molar-refractivity contribution in [3.05, 3.63) is 29.8 Å². The molecule has 0 fully saturated rings. The topological polar surface area (TPSA) is 180 Å². The fraction of sp³-hybridized carbons (Fsp3) is 0.615. The molecule has 37 heavy (non-hydrogen) atoms. The number of aliphatic hydroxyl groups excluding tert-OH is 1. The summed E-state index contributed by atoms with van der Waals surface area (Å²) in [7, 11) is 0. The summed E-state index contributed by atoms with van der Waals surface area (Å²) in [4.78, 5) is 42.9. The Kier molecular flexibility index (Phi) is 19.4. The van der Waals surface area contributed by atoms with Crippen molar-refractivity contribution in [1.82, 2.24) is 10.6 Å². The summed E-state index contributed by atoms with van der Waals surface area (Å²) in [6, 6.07) is 6.63. The summed E-state index contributed by atoms with van der Waals surface area (Å²) in [5, 5.41) is 24.9. The summed E-state index contributed by atoms with van der Waals surface area (Å²) < 4.78 is 4.38. The third-order valence-corrected chi connectivity index (χ3v) is 5.06. The number of aliphatic hydroxyl groups is 1. The van der Waals surface area contributed by atoms with Crippen LogP contribution in [0.2, 0.25) is 0 Å². The van der Waals surface area contributed by atoms with E-state index in [0.717, 1.165) is 18.9 Å². The minimum atomic E-state index is -1.34. The second kappa shape index (κ2) is 19.9. The van der Waals surface area contributed by atoms with Gasteiger partial charge in [-0.05, 0) is 63.3 Å². The van der Waals surface area contributed by atoms with Crippen molar-refractivity contribution < 1.29 is 34.1 Å². The van der Waals surface area contributed by atoms with Gasteiger partial charge in [0.15, 0.2) is 0 Å². The molecule has 7 N–H and O–H groups in total. The third-order valence-electron chi connectivity index (χ3n) is 5.06. The van der Waals surface area contributed by atoms with Crippen molar-refractivity contribution in [2.45, 2.75) is 67.5 Å². The molecule has 1 aromatic rings. The molecule has 0 aliphatic carbocycles. The Morgan fingerprint density at radius 2 is 1.65 bits per heavy atom. The summed E-state index contributed by atoms with van der Waals surface area (Å²) in [6.07, 6.45) is 0.249. The number of amides is 3. The Bertz CT molecular complexity index is 797. The lowest BCUT2D eigenvalue weighted by atomic mass is 9.92. The van der Waals surface area contributed by atoms with E-state index in [1.165, 1.54) is 0 Å². The van der Waals surface area contributed by atoms with Crippen LogP contribution in [0.3, 0.4) is 0 Å². The van der Waals surface area contributed by atoms with Crippen molar-refractivity contribution in [3.8, 4) is 0 Å². The summed E-state index contributed by atoms with van der Waals surface area (Å²) >= 11 is 0. The molecular formula is C26H46N4O7. The fourth-order valence-electron chi connectivity index (χ4n) is 2.14. The number of carbonyl (C=O) groups is 4. The van der Waals surface area contributed by atoms with Gasteiger partial charge in [-0.3, -0.25) is 14.4 Å². The van der Waals surface area contributed by atoms with Gasteiger partial charge in [0.2, 0.25) is 18.2 Å². The first kappa shape index (κ1) is 36.0. The van der Waals surface area contributed by atoms with Crippen LogP contribution in [0.25, 0.3) is 0 Å². The number of anilines is 1. The maximum absolute atomic E-state index is 11.5. The highest BCUT2D eigenvalue weighted by Crippen LogP contribution is 2.14. The van der Waals surface area contributed by atoms with Gasteiger partial charge >= 0.3 is 6.16 Å². The molecule has 0 radical (unpaired) electrons. The zero-order valence-corrected chi connectivity index (χ0v) is 23.2. The Hall–Kier alpha value is -3.18. The first-order valence-corrected chi connectivity index (χ1v) is 12.2. The van der Waals surface area contributed by atoms with Crippen LogP contribution >= 0.6 is 0 Å². The lowest BCUT2D eigenvalue weighted by Gasteiger charge is -2.25. The van der Waals surface area contributed by atoms with Gasteiger partial charge in [0, 0.05) is 11.7 Å². The first-order valence-electron chi connectivity index (χ1n) is 12.2. The van der Waals surface area contributed by atoms with Gasteiger partial charge in [0.1, 0.15) is 6.61 Å². The first-order chi connectivity index (χ1) is 17.2. The molecule has 1 atom stereocenters. The van der Waals surface area contributed by atoms with Gasteiger partial charge in [-0.2, -0.15) is 0 Å². The lowest BCUT2D eigenvalue weighted by molar-refractivity contribution is -0.132. The van der Waals surface area contributed by atoms with Crippen LogP contribution in [0, 0.1) is 17.3 Å². The largest absolute Gasteiger partial charge is 0.506 e. The molecule has 0 saturated carbocycles. The number of ether oxygens (including phenoxy) is 1. The SMILES string of the molecule is CC(C)C(C)NC(=O)C(C)(C)CO.CC(C)CCN.O=CNCC(=O)Nc1ccc(COC(=O)O)cc1. The average molecular weight is 527 g/mol. The van der Waals surface area contributed by atoms with E-state index in [-0.39, 0.29) is 37.6 Å². The van der Waals surface area contributed by atoms with Crippen LogP contribution in [-0.4, -0.2) is 60.3 Å². The van der Waals surface area contributed by atoms with Crippen molar-refractivity contribution in [1.29, 1.82) is 0 Å². The van der Waals surface area contributed by atoms with Crippen LogP contribution in [0.1, 0.15) is 60.5 Å². The van der Waals surface area contributed by atoms with E-state index >= 15 is 0 Å². The Morgan fingerprint density at radius 1 is 1.08 bits per heavy atom. The van der Waals surface area contributed by atoms with Crippen LogP contribution in [-0.2, 0) is 25.7 Å². The predicted octanol–water partition coefficient (Wildman–Crippen LogP) is 2.72. The highest BCUT2D eigenvalue weighted by atomic mass is 16.7. The second-order valence-corrected chi connectivity index (χ2v) is 9.82. The van der Waals surface area contributed by atoms with E-state index in [4.69, 9.17) is 15.9 Å². The molecule has 0 heterocycles. The monoisotopic (exact) mass is 526 g/mol. The highest BCUT2D eigenvalue weighted by Gasteiger charge is 2.27. The molecule has 1 rings (SSSR count). The number of carbonyl (C=O) groups excluding carboxylic acids is 3. The minimum Gasteiger partial charge on any atom is -0.450 e. The van der Waals surface area contributed by atoms with Crippen LogP contribution in [0.5, 0.6) is 0 Å². The van der Waals surface area contributed by atoms with Gasteiger partial charge in [-0.1, -0.05) is 39.8 Å². The number of nitrogens with one attached hydrogen (secondary N) is 3. The zero-order valence-electron chi connectivity index (χ0n) is 23.2. The van der Waals surface area contributed by atoms with Gasteiger partial charge in [0.05, 0.1) is 18.6 Å². The molecule has 0 spiro atoms. The molecule has 1 aromatic carbocycles. The Balaban J connectivity index is 0. The number of hydrogen-bond donors (Lipinski definition) is 6. The van der Waals surface area contributed by atoms with Crippen LogP contribution < -0.4 is 21.7 Å². The van der Waals surface area contributed by atoms with E-state index < -0.39 is 11.6 Å². The van der Waals surface area contributed by atoms with Gasteiger partial charge < -0.3 is 36.6 Å². The van der Waals surface area contributed by atoms with Gasteiger partial charge in [-0.15, -0.1) is 0 Å². The van der Waals surface area contributed by atoms with Crippen LogP contribution in [0.4, 0.5) is 10.5 Å². The number of hydrogen-bond acceptors (Lipinski definition) is 7. The molecule has 212 valence electrons. The van der Waals surface area contributed by atoms with E-state index in [2.05, 4.69) is 48.4 Å². The quantitative estimate of drug-likeness (QED) is 0.178. The molecule has 1 unspecified atom stereocenters. The third kappa shape index (κ3) is 19.7. The van der Waals surface area contributed by atoms with E-state index in [9.17, 15) is 19.2 Å². The van der Waals surface area contributed by atoms with E-state index in [1.807, 2.05) is 6.92 Å². The molecule has 11 nitrogen and oxygen atoms in total. The normalized spacial score (nSPS) is 11.2. The maximum Gasteiger partial charge on any atom is 0.506 e. The maximum atomic E-state index is 11.5. The Labute approximate surface area is 220 Å². The summed E-state index contributed by atoms with van der Waals surface area (Å²) in [5.41, 5.74) is 5.77. The number of benzene rings is 1. The van der Waals surface area contributed by atoms with Gasteiger partial charge in [-0.25, -0.2) is 4.79 Å². The van der Waals surface area contributed by atoms with Crippen molar-refractivity contribution in [2.24, 2.45) is 23.0 Å². The minimum absolute atomic E-state index is 0.0454. The molecule has 0 aromatic heterocycles. The van der Waals surface area contributed by atoms with Crippen molar-refractivity contribution in [3.63, 3.8) is 0 Å². The summed E-state index contributed by atoms with van der Waals surface area (Å²) in [6.45, 7) is 14.4. The smallest absolute Gasteiger partial charge is 0.450 e. The van der Waals surface area contributed by atoms with Crippen molar-refractivity contribution in [2.75, 3.05) is 25.0 Å². The predicted molar refractivity (Wildman–Crippen MR) is 144 cm³/mol. The van der Waals surface area contributed by atoms with Crippen molar-refractivity contribution >= 4 is 30.1 Å². The molecular weight excluding hydrogens is 480 g/mol. The highest BCUT2D eigenvalue weighted by molar-refractivity contribution is 5.93. The molecule has 0 aliphatic rings. The summed E-state index contributed by atoms with van der Waals surface area (Å²) in [5.74, 6) is 0.751. The van der Waals surface area contributed by atoms with Crippen LogP contribution in [0.15, 0.2) is 24.3 Å². The molecule has 0 saturated heterocycles. The molecule has 0 aliphatic heterocycles. The van der Waals surface area contributed by atoms with E-state index in [0.29, 0.717) is 23.6 Å². The zero-order chi connectivity index (χ0) is 29.0. The van der Waals surface area contributed by atoms with E-state index in [1.54, 1.807) is 38.1 Å². The average Bonchev–Trinajstić information content (AvgIpc) is 2.82. The number of rotatable bonds is 12. The number of carboxylic acid groups (broad SMARTS) is 1. The lowest BCUT2D eigenvalue weighted by Crippen LogP contribution is -2.45. The molecule has 3 amide bonds. The standard InChI is InChI=1S/C11H12N2O5.C10H21NO2.C5H13N/c14-7-12-5-10(15)13-9-3-1-8(2-4-9)6-18-11(16)17;1-7(2)8(3)11-9(13)10(4,5)6-12;1-5(2)3-4-6/h1-4,7H,5-6H2,(H,12,14)(H,13,15)(H,16,17);7-8,12H,6H2,1-5H3,(H,11,13);5H,3-4,6H2,1-2H3. The number of nitrogens with two attached hydrogens (primary N) is 1. The molecule has 0 bridgehead atoms. The molecule has 11 heteroatoms. The Morgan fingerprint density at radius 3 is 2.03 bits per heavy atom. The van der Waals surface area contributed by atoms with Gasteiger partial charge in [0.25, 0.3) is 0 Å². The fourth-order valence-corrected chi connectivity index (χ4v) is 2.14. The second-order valence-electron chi connectivity index (χ2n) is 9.82.